The van der Waals surface area contributed by atoms with Crippen LogP contribution >= 0.6 is 41.9 Å². The first-order chi connectivity index (χ1) is 13.2. The number of halogens is 2. The van der Waals surface area contributed by atoms with E-state index >= 15 is 0 Å². The maximum absolute atomic E-state index is 6.32. The molecule has 3 aromatic rings. The average molecular weight is 518 g/mol. The molecule has 1 atom stereocenters. The van der Waals surface area contributed by atoms with Gasteiger partial charge in [-0.2, -0.15) is 0 Å². The van der Waals surface area contributed by atoms with Crippen molar-refractivity contribution >= 4 is 58.8 Å². The Labute approximate surface area is 180 Å². The Kier molecular flexibility index (Phi) is 7.18. The fourth-order valence-electron chi connectivity index (χ4n) is 3.01. The highest BCUT2D eigenvalue weighted by Crippen LogP contribution is 2.31. The summed E-state index contributed by atoms with van der Waals surface area (Å²) in [6.45, 7) is 8.29. The lowest BCUT2D eigenvalue weighted by Crippen LogP contribution is -2.44. The zero-order chi connectivity index (χ0) is 19.4. The van der Waals surface area contributed by atoms with E-state index in [1.54, 1.807) is 15.3 Å². The zero-order valence-corrected chi connectivity index (χ0v) is 19.1. The highest BCUT2D eigenvalue weighted by Gasteiger charge is 2.22. The van der Waals surface area contributed by atoms with Gasteiger partial charge in [-0.05, 0) is 19.1 Å². The Morgan fingerprint density at radius 1 is 1.30 bits per heavy atom. The molecule has 4 rings (SSSR count). The predicted molar refractivity (Wildman–Crippen MR) is 122 cm³/mol. The fourth-order valence-corrected chi connectivity index (χ4v) is 4.46. The van der Waals surface area contributed by atoms with Gasteiger partial charge in [0.25, 0.3) is 0 Å². The first kappa shape index (κ1) is 20.6. The third-order valence-corrected chi connectivity index (χ3v) is 6.12. The summed E-state index contributed by atoms with van der Waals surface area (Å²) in [6, 6.07) is 6.03. The molecule has 6 nitrogen and oxygen atoms in total. The molecule has 1 aliphatic heterocycles. The topological polar surface area (TPSA) is 56.1 Å². The average Bonchev–Trinajstić information content (AvgIpc) is 3.12. The highest BCUT2D eigenvalue weighted by molar-refractivity contribution is 14.2. The summed E-state index contributed by atoms with van der Waals surface area (Å²) >= 11 is 8.55. The molecule has 3 aromatic heterocycles. The number of hydrogen-bond acceptors (Lipinski definition) is 6. The molecule has 0 saturated carbocycles. The molecule has 27 heavy (non-hydrogen) atoms. The molecule has 1 aliphatic rings. The summed E-state index contributed by atoms with van der Waals surface area (Å²) in [5, 5.41) is 1.45. The number of fused-ring (bicyclic) bond motifs is 1. The first-order valence-corrected chi connectivity index (χ1v) is 12.5. The molecule has 0 bridgehead atoms. The van der Waals surface area contributed by atoms with E-state index < -0.39 is 0 Å². The molecule has 0 aromatic carbocycles. The minimum atomic E-state index is 0.251. The largest absolute Gasteiger partial charge is 0.377 e. The summed E-state index contributed by atoms with van der Waals surface area (Å²) in [6.07, 6.45) is 3.77. The Balaban J connectivity index is 0.00000102. The Morgan fingerprint density at radius 3 is 2.85 bits per heavy atom. The molecule has 0 aliphatic carbocycles. The second-order valence-corrected chi connectivity index (χ2v) is 7.90. The number of aromatic nitrogens is 4. The number of nitrogens with zero attached hydrogens (tertiary/aromatic N) is 5. The van der Waals surface area contributed by atoms with Crippen LogP contribution in [0.3, 0.4) is 0 Å². The van der Waals surface area contributed by atoms with Crippen molar-refractivity contribution in [2.45, 2.75) is 26.8 Å². The van der Waals surface area contributed by atoms with Crippen LogP contribution < -0.4 is 4.90 Å². The quantitative estimate of drug-likeness (QED) is 0.350. The second-order valence-electron chi connectivity index (χ2n) is 5.80. The normalized spacial score (nSPS) is 16.9. The van der Waals surface area contributed by atoms with Gasteiger partial charge in [-0.1, -0.05) is 25.4 Å². The van der Waals surface area contributed by atoms with Crippen molar-refractivity contribution in [3.05, 3.63) is 35.7 Å². The number of anilines is 1. The molecule has 4 heterocycles. The standard InChI is InChI=1S/C16H15ClIN5OS.C2H6/c1-10-9-24-7-6-22(10)14-8-13(17)20-15(21-14)11-2-4-19-16-12(11)3-5-23(16)25-18;1-2/h2-5,8,10H,6-7,9H2,1H3;1-2H3. The SMILES string of the molecule is CC.CC1COCCN1c1cc(Cl)nc(-c2ccnc3c2ccn3SI)n1. The number of pyridine rings is 1. The lowest BCUT2D eigenvalue weighted by atomic mass is 10.1. The van der Waals surface area contributed by atoms with Crippen molar-refractivity contribution in [1.29, 1.82) is 0 Å². The van der Waals surface area contributed by atoms with E-state index in [0.29, 0.717) is 24.2 Å². The third kappa shape index (κ3) is 4.33. The van der Waals surface area contributed by atoms with Crippen molar-refractivity contribution in [3.8, 4) is 11.4 Å². The van der Waals surface area contributed by atoms with Crippen LogP contribution in [0, 0.1) is 0 Å². The van der Waals surface area contributed by atoms with Gasteiger partial charge < -0.3 is 9.64 Å². The highest BCUT2D eigenvalue weighted by atomic mass is 127. The van der Waals surface area contributed by atoms with Gasteiger partial charge in [0.1, 0.15) is 11.0 Å². The second kappa shape index (κ2) is 9.40. The molecule has 0 spiro atoms. The van der Waals surface area contributed by atoms with Crippen LogP contribution in [0.2, 0.25) is 5.15 Å². The van der Waals surface area contributed by atoms with Gasteiger partial charge in [-0.25, -0.2) is 15.0 Å². The molecule has 1 fully saturated rings. The summed E-state index contributed by atoms with van der Waals surface area (Å²) in [7, 11) is 1.57. The van der Waals surface area contributed by atoms with Crippen molar-refractivity contribution in [3.63, 3.8) is 0 Å². The number of ether oxygens (including phenoxy) is 1. The van der Waals surface area contributed by atoms with Gasteiger partial charge in [0.15, 0.2) is 11.5 Å². The number of hydrogen-bond donors (Lipinski definition) is 0. The van der Waals surface area contributed by atoms with Crippen LogP contribution in [0.5, 0.6) is 0 Å². The van der Waals surface area contributed by atoms with E-state index in [1.807, 2.05) is 42.2 Å². The van der Waals surface area contributed by atoms with Crippen LogP contribution in [0.1, 0.15) is 20.8 Å². The van der Waals surface area contributed by atoms with Crippen LogP contribution in [-0.2, 0) is 4.74 Å². The molecule has 1 unspecified atom stereocenters. The van der Waals surface area contributed by atoms with E-state index in [0.717, 1.165) is 29.0 Å². The van der Waals surface area contributed by atoms with Crippen molar-refractivity contribution < 1.29 is 4.74 Å². The van der Waals surface area contributed by atoms with Crippen molar-refractivity contribution in [2.75, 3.05) is 24.7 Å². The van der Waals surface area contributed by atoms with Gasteiger partial charge >= 0.3 is 0 Å². The molecular formula is C18H21ClIN5OS. The summed E-state index contributed by atoms with van der Waals surface area (Å²) in [5.41, 5.74) is 1.82. The monoisotopic (exact) mass is 517 g/mol. The number of morpholine rings is 1. The maximum atomic E-state index is 6.32. The predicted octanol–water partition coefficient (Wildman–Crippen LogP) is 5.24. The van der Waals surface area contributed by atoms with Crippen LogP contribution in [0.15, 0.2) is 30.6 Å². The van der Waals surface area contributed by atoms with E-state index in [4.69, 9.17) is 21.3 Å². The van der Waals surface area contributed by atoms with E-state index in [1.165, 1.54) is 0 Å². The van der Waals surface area contributed by atoms with Gasteiger partial charge in [-0.15, -0.1) is 0 Å². The minimum Gasteiger partial charge on any atom is -0.377 e. The lowest BCUT2D eigenvalue weighted by Gasteiger charge is -2.34. The molecule has 1 saturated heterocycles. The van der Waals surface area contributed by atoms with Crippen LogP contribution in [0.25, 0.3) is 22.4 Å². The Morgan fingerprint density at radius 2 is 2.11 bits per heavy atom. The zero-order valence-electron chi connectivity index (χ0n) is 15.4. The first-order valence-electron chi connectivity index (χ1n) is 8.82. The van der Waals surface area contributed by atoms with Gasteiger partial charge in [0, 0.05) is 66.3 Å². The Hall–Kier alpha value is -1.10. The van der Waals surface area contributed by atoms with Crippen molar-refractivity contribution in [2.24, 2.45) is 0 Å². The third-order valence-electron chi connectivity index (χ3n) is 4.21. The molecule has 0 N–H and O–H groups in total. The number of rotatable bonds is 3. The molecule has 0 amide bonds. The summed E-state index contributed by atoms with van der Waals surface area (Å²) < 4.78 is 7.53. The van der Waals surface area contributed by atoms with E-state index in [9.17, 15) is 0 Å². The lowest BCUT2D eigenvalue weighted by molar-refractivity contribution is 0.0985. The summed E-state index contributed by atoms with van der Waals surface area (Å²) in [5.74, 6) is 1.45. The fraction of sp³-hybridized carbons (Fsp3) is 0.389. The Bertz CT molecular complexity index is 922. The van der Waals surface area contributed by atoms with E-state index in [2.05, 4.69) is 43.0 Å². The smallest absolute Gasteiger partial charge is 0.163 e. The maximum Gasteiger partial charge on any atom is 0.163 e. The summed E-state index contributed by atoms with van der Waals surface area (Å²) in [4.78, 5) is 15.9. The molecule has 9 heteroatoms. The van der Waals surface area contributed by atoms with Gasteiger partial charge in [-0.3, -0.25) is 3.97 Å². The minimum absolute atomic E-state index is 0.251. The van der Waals surface area contributed by atoms with Gasteiger partial charge in [0.2, 0.25) is 0 Å². The molecule has 144 valence electrons. The van der Waals surface area contributed by atoms with E-state index in [-0.39, 0.29) is 6.04 Å². The van der Waals surface area contributed by atoms with Gasteiger partial charge in [0.05, 0.1) is 19.3 Å². The van der Waals surface area contributed by atoms with Crippen LogP contribution in [0.4, 0.5) is 5.82 Å². The van der Waals surface area contributed by atoms with Crippen molar-refractivity contribution in [1.82, 2.24) is 18.9 Å². The van der Waals surface area contributed by atoms with Crippen LogP contribution in [-0.4, -0.2) is 44.7 Å². The molecule has 0 radical (unpaired) electrons. The molecular weight excluding hydrogens is 497 g/mol.